The molecule has 0 radical (unpaired) electrons. The molecule has 6 rings (SSSR count). The van der Waals surface area contributed by atoms with Gasteiger partial charge in [0.2, 0.25) is 11.9 Å². The number of nitrogens with zero attached hydrogens (tertiary/aromatic N) is 5. The molecule has 2 aromatic rings. The maximum Gasteiger partial charge on any atom is 0.247 e. The van der Waals surface area contributed by atoms with Crippen LogP contribution in [0.15, 0.2) is 77.8 Å². The third kappa shape index (κ3) is 4.76. The topological polar surface area (TPSA) is 83.1 Å². The molecule has 1 fully saturated rings. The Kier molecular flexibility index (Phi) is 7.31. The fourth-order valence-corrected chi connectivity index (χ4v) is 6.69. The molecule has 0 saturated carbocycles. The van der Waals surface area contributed by atoms with E-state index in [1.807, 2.05) is 24.1 Å². The SMILES string of the molecule is C=CC(=O)NC1=C(N2CCOCC2)CC(OC)C(N(C)c2nc(C3=CN(C)C4C=CC=C[C@H]34)c3sccc3n2)=C1. The first-order valence-corrected chi connectivity index (χ1v) is 14.4. The van der Waals surface area contributed by atoms with Crippen molar-refractivity contribution in [3.63, 3.8) is 0 Å². The molecule has 4 heterocycles. The number of carbonyl (C=O) groups excluding carboxylic acids is 1. The number of nitrogens with one attached hydrogen (secondary N) is 1. The van der Waals surface area contributed by atoms with E-state index in [0.29, 0.717) is 25.6 Å². The zero-order valence-electron chi connectivity index (χ0n) is 23.0. The molecule has 9 nitrogen and oxygen atoms in total. The van der Waals surface area contributed by atoms with E-state index in [2.05, 4.69) is 64.6 Å². The predicted molar refractivity (Wildman–Crippen MR) is 158 cm³/mol. The number of methoxy groups -OCH3 is 1. The van der Waals surface area contributed by atoms with Crippen molar-refractivity contribution < 1.29 is 14.3 Å². The van der Waals surface area contributed by atoms with Gasteiger partial charge in [-0.05, 0) is 23.6 Å². The van der Waals surface area contributed by atoms with Crippen LogP contribution in [0.25, 0.3) is 15.8 Å². The molecule has 4 aliphatic rings. The zero-order valence-corrected chi connectivity index (χ0v) is 23.9. The third-order valence-corrected chi connectivity index (χ3v) is 8.87. The van der Waals surface area contributed by atoms with E-state index in [-0.39, 0.29) is 24.0 Å². The van der Waals surface area contributed by atoms with E-state index >= 15 is 0 Å². The summed E-state index contributed by atoms with van der Waals surface area (Å²) < 4.78 is 12.7. The van der Waals surface area contributed by atoms with E-state index in [0.717, 1.165) is 46.1 Å². The molecule has 1 amide bonds. The molecular weight excluding hydrogens is 524 g/mol. The van der Waals surface area contributed by atoms with Crippen LogP contribution < -0.4 is 10.2 Å². The molecule has 2 aliphatic carbocycles. The first-order chi connectivity index (χ1) is 19.5. The minimum atomic E-state index is -0.255. The summed E-state index contributed by atoms with van der Waals surface area (Å²) >= 11 is 1.66. The van der Waals surface area contributed by atoms with Gasteiger partial charge in [0.25, 0.3) is 0 Å². The van der Waals surface area contributed by atoms with Crippen LogP contribution in [0.2, 0.25) is 0 Å². The lowest BCUT2D eigenvalue weighted by Gasteiger charge is -2.38. The van der Waals surface area contributed by atoms with E-state index in [4.69, 9.17) is 19.4 Å². The fourth-order valence-electron chi connectivity index (χ4n) is 5.85. The van der Waals surface area contributed by atoms with Gasteiger partial charge >= 0.3 is 0 Å². The molecule has 2 unspecified atom stereocenters. The van der Waals surface area contributed by atoms with Crippen LogP contribution >= 0.6 is 11.3 Å². The number of morpholine rings is 1. The van der Waals surface area contributed by atoms with Crippen molar-refractivity contribution in [1.29, 1.82) is 0 Å². The Bertz CT molecular complexity index is 1480. The first-order valence-electron chi connectivity index (χ1n) is 13.5. The lowest BCUT2D eigenvalue weighted by atomic mass is 9.89. The summed E-state index contributed by atoms with van der Waals surface area (Å²) in [6.07, 6.45) is 14.5. The number of likely N-dealkylation sites (N-methyl/N-ethyl adjacent to an activating group) is 2. The van der Waals surface area contributed by atoms with E-state index in [1.54, 1.807) is 18.4 Å². The monoisotopic (exact) mass is 558 g/mol. The number of amides is 1. The van der Waals surface area contributed by atoms with Crippen molar-refractivity contribution in [1.82, 2.24) is 25.1 Å². The van der Waals surface area contributed by atoms with Gasteiger partial charge in [-0.1, -0.05) is 30.9 Å². The fraction of sp³-hybridized carbons (Fsp3) is 0.367. The highest BCUT2D eigenvalue weighted by Crippen LogP contribution is 2.41. The second-order valence-electron chi connectivity index (χ2n) is 10.3. The lowest BCUT2D eigenvalue weighted by molar-refractivity contribution is -0.115. The van der Waals surface area contributed by atoms with Gasteiger partial charge in [-0.15, -0.1) is 11.3 Å². The minimum Gasteiger partial charge on any atom is -0.378 e. The number of carbonyl (C=O) groups is 1. The number of hydrogen-bond donors (Lipinski definition) is 1. The highest BCUT2D eigenvalue weighted by molar-refractivity contribution is 7.17. The standard InChI is InChI=1S/C30H34N6O3S/c1-5-27(37)31-22-16-25(26(38-4)17-24(22)36-11-13-39-14-12-36)35(3)30-32-21-10-15-40-29(21)28(33-30)20-18-34(2)23-9-7-6-8-19(20)23/h5-10,15-16,18-19,23,26H,1,11-14,17H2,2-4H3,(H,31,37)/t19-,23?,26?/m1/s1. The van der Waals surface area contributed by atoms with Crippen LogP contribution in [-0.4, -0.2) is 85.3 Å². The van der Waals surface area contributed by atoms with Crippen molar-refractivity contribution >= 4 is 39.0 Å². The average molecular weight is 559 g/mol. The van der Waals surface area contributed by atoms with E-state index < -0.39 is 0 Å². The number of fused-ring (bicyclic) bond motifs is 2. The van der Waals surface area contributed by atoms with Gasteiger partial charge in [0, 0.05) is 64.1 Å². The number of thiophene rings is 1. The highest BCUT2D eigenvalue weighted by atomic mass is 32.1. The maximum absolute atomic E-state index is 12.4. The second kappa shape index (κ2) is 11.0. The number of hydrogen-bond acceptors (Lipinski definition) is 9. The zero-order chi connectivity index (χ0) is 27.8. The Labute approximate surface area is 238 Å². The van der Waals surface area contributed by atoms with Crippen LogP contribution in [0.4, 0.5) is 5.95 Å². The number of rotatable bonds is 7. The third-order valence-electron chi connectivity index (χ3n) is 7.96. The molecule has 1 saturated heterocycles. The van der Waals surface area contributed by atoms with Crippen molar-refractivity contribution in [2.75, 3.05) is 52.4 Å². The molecular formula is C30H34N6O3S. The molecule has 2 aromatic heterocycles. The van der Waals surface area contributed by atoms with Crippen LogP contribution in [0.1, 0.15) is 12.1 Å². The van der Waals surface area contributed by atoms with Gasteiger partial charge in [0.1, 0.15) is 6.10 Å². The molecule has 2 aliphatic heterocycles. The summed E-state index contributed by atoms with van der Waals surface area (Å²) in [7, 11) is 5.79. The largest absolute Gasteiger partial charge is 0.378 e. The summed E-state index contributed by atoms with van der Waals surface area (Å²) in [5.41, 5.74) is 5.69. The molecule has 0 spiro atoms. The molecule has 3 atom stereocenters. The summed E-state index contributed by atoms with van der Waals surface area (Å²) in [5, 5.41) is 5.10. The number of aromatic nitrogens is 2. The number of ether oxygens (including phenoxy) is 2. The van der Waals surface area contributed by atoms with Crippen LogP contribution in [0, 0.1) is 5.92 Å². The Morgan fingerprint density at radius 1 is 1.27 bits per heavy atom. The smallest absolute Gasteiger partial charge is 0.247 e. The van der Waals surface area contributed by atoms with Crippen molar-refractivity contribution in [2.24, 2.45) is 5.92 Å². The average Bonchev–Trinajstić information content (AvgIpc) is 3.61. The number of anilines is 1. The summed E-state index contributed by atoms with van der Waals surface area (Å²) in [4.78, 5) is 29.1. The van der Waals surface area contributed by atoms with Gasteiger partial charge in [0.15, 0.2) is 0 Å². The van der Waals surface area contributed by atoms with Crippen LogP contribution in [-0.2, 0) is 14.3 Å². The molecule has 10 heteroatoms. The molecule has 0 aromatic carbocycles. The highest BCUT2D eigenvalue weighted by Gasteiger charge is 2.35. The first kappa shape index (κ1) is 26.5. The van der Waals surface area contributed by atoms with Gasteiger partial charge in [-0.25, -0.2) is 9.97 Å². The Morgan fingerprint density at radius 3 is 2.85 bits per heavy atom. The van der Waals surface area contributed by atoms with Gasteiger partial charge in [-0.2, -0.15) is 0 Å². The predicted octanol–water partition coefficient (Wildman–Crippen LogP) is 3.67. The van der Waals surface area contributed by atoms with Crippen LogP contribution in [0.3, 0.4) is 0 Å². The summed E-state index contributed by atoms with van der Waals surface area (Å²) in [5.74, 6) is 0.559. The van der Waals surface area contributed by atoms with Gasteiger partial charge in [0.05, 0.1) is 46.6 Å². The molecule has 208 valence electrons. The molecule has 1 N–H and O–H groups in total. The van der Waals surface area contributed by atoms with Crippen molar-refractivity contribution in [2.45, 2.75) is 18.6 Å². The minimum absolute atomic E-state index is 0.230. The molecule has 40 heavy (non-hydrogen) atoms. The Hall–Kier alpha value is -3.73. The Balaban J connectivity index is 1.42. The van der Waals surface area contributed by atoms with Crippen molar-refractivity contribution in [3.8, 4) is 0 Å². The number of allylic oxidation sites excluding steroid dienone is 3. The quantitative estimate of drug-likeness (QED) is 0.516. The Morgan fingerprint density at radius 2 is 2.08 bits per heavy atom. The van der Waals surface area contributed by atoms with Crippen LogP contribution in [0.5, 0.6) is 0 Å². The van der Waals surface area contributed by atoms with E-state index in [9.17, 15) is 4.79 Å². The van der Waals surface area contributed by atoms with Gasteiger partial charge < -0.3 is 29.5 Å². The molecule has 0 bridgehead atoms. The lowest BCUT2D eigenvalue weighted by Crippen LogP contribution is -2.42. The van der Waals surface area contributed by atoms with E-state index in [1.165, 1.54) is 11.6 Å². The second-order valence-corrected chi connectivity index (χ2v) is 11.2. The van der Waals surface area contributed by atoms with Gasteiger partial charge in [-0.3, -0.25) is 4.79 Å². The van der Waals surface area contributed by atoms with Crippen molar-refractivity contribution in [3.05, 3.63) is 83.5 Å². The normalized spacial score (nSPS) is 24.2. The maximum atomic E-state index is 12.4. The summed E-state index contributed by atoms with van der Waals surface area (Å²) in [6, 6.07) is 2.33. The summed E-state index contributed by atoms with van der Waals surface area (Å²) in [6.45, 7) is 6.46.